The van der Waals surface area contributed by atoms with Crippen LogP contribution in [0.2, 0.25) is 0 Å². The second-order valence-electron chi connectivity index (χ2n) is 6.76. The Morgan fingerprint density at radius 3 is 2.59 bits per heavy atom. The van der Waals surface area contributed by atoms with Gasteiger partial charge in [-0.25, -0.2) is 4.98 Å². The summed E-state index contributed by atoms with van der Waals surface area (Å²) in [6, 6.07) is 9.09. The molecule has 8 heteroatoms. The average molecular weight is 399 g/mol. The summed E-state index contributed by atoms with van der Waals surface area (Å²) in [4.78, 5) is 30.6. The first-order valence-corrected chi connectivity index (χ1v) is 9.33. The van der Waals surface area contributed by atoms with E-state index in [2.05, 4.69) is 10.3 Å². The van der Waals surface area contributed by atoms with Gasteiger partial charge in [0.05, 0.1) is 39.1 Å². The molecule has 0 unspecified atom stereocenters. The molecule has 1 aliphatic heterocycles. The molecule has 0 aliphatic carbocycles. The van der Waals surface area contributed by atoms with Gasteiger partial charge in [-0.3, -0.25) is 9.59 Å². The van der Waals surface area contributed by atoms with Gasteiger partial charge in [-0.05, 0) is 30.2 Å². The van der Waals surface area contributed by atoms with Crippen molar-refractivity contribution < 1.29 is 23.8 Å². The number of aromatic nitrogens is 1. The predicted octanol–water partition coefficient (Wildman–Crippen LogP) is 2.14. The first-order valence-electron chi connectivity index (χ1n) is 9.33. The van der Waals surface area contributed by atoms with Crippen molar-refractivity contribution in [1.29, 1.82) is 0 Å². The summed E-state index contributed by atoms with van der Waals surface area (Å²) in [6.45, 7) is 0.948. The molecule has 29 heavy (non-hydrogen) atoms. The Morgan fingerprint density at radius 2 is 1.93 bits per heavy atom. The summed E-state index contributed by atoms with van der Waals surface area (Å²) < 4.78 is 15.6. The number of carbonyl (C=O) groups is 2. The number of likely N-dealkylation sites (tertiary alicyclic amines) is 1. The maximum absolute atomic E-state index is 12.5. The predicted molar refractivity (Wildman–Crippen MR) is 107 cm³/mol. The summed E-state index contributed by atoms with van der Waals surface area (Å²) in [5.74, 6) is 1.22. The van der Waals surface area contributed by atoms with Crippen LogP contribution in [0.15, 0.2) is 36.5 Å². The highest BCUT2D eigenvalue weighted by atomic mass is 16.5. The molecular weight excluding hydrogens is 374 g/mol. The Hall–Kier alpha value is -3.29. The van der Waals surface area contributed by atoms with Crippen LogP contribution in [0.25, 0.3) is 0 Å². The van der Waals surface area contributed by atoms with Gasteiger partial charge in [0.25, 0.3) is 0 Å². The molecule has 1 aromatic heterocycles. The molecule has 0 saturated carbocycles. The minimum atomic E-state index is -0.380. The average Bonchev–Trinajstić information content (AvgIpc) is 3.13. The monoisotopic (exact) mass is 399 g/mol. The molecule has 1 atom stereocenters. The second-order valence-corrected chi connectivity index (χ2v) is 6.76. The summed E-state index contributed by atoms with van der Waals surface area (Å²) in [7, 11) is 4.71. The number of methoxy groups -OCH3 is 3. The van der Waals surface area contributed by atoms with Crippen molar-refractivity contribution in [2.75, 3.05) is 39.7 Å². The van der Waals surface area contributed by atoms with Crippen LogP contribution in [0.3, 0.4) is 0 Å². The van der Waals surface area contributed by atoms with Gasteiger partial charge in [0, 0.05) is 25.6 Å². The lowest BCUT2D eigenvalue weighted by Gasteiger charge is -2.17. The number of amides is 2. The number of benzene rings is 1. The van der Waals surface area contributed by atoms with Crippen molar-refractivity contribution in [3.8, 4) is 17.4 Å². The zero-order valence-electron chi connectivity index (χ0n) is 16.8. The third kappa shape index (κ3) is 4.96. The van der Waals surface area contributed by atoms with Crippen molar-refractivity contribution in [3.05, 3.63) is 42.1 Å². The molecule has 0 bridgehead atoms. The number of rotatable bonds is 8. The molecule has 2 amide bonds. The van der Waals surface area contributed by atoms with Crippen molar-refractivity contribution in [2.24, 2.45) is 5.92 Å². The molecular formula is C21H25N3O5. The third-order valence-electron chi connectivity index (χ3n) is 4.92. The van der Waals surface area contributed by atoms with E-state index in [0.717, 1.165) is 5.56 Å². The lowest BCUT2D eigenvalue weighted by molar-refractivity contribution is -0.128. The van der Waals surface area contributed by atoms with Crippen molar-refractivity contribution >= 4 is 17.5 Å². The number of anilines is 1. The third-order valence-corrected chi connectivity index (χ3v) is 4.92. The van der Waals surface area contributed by atoms with Crippen molar-refractivity contribution in [1.82, 2.24) is 9.88 Å². The number of pyridine rings is 1. The summed E-state index contributed by atoms with van der Waals surface area (Å²) in [5, 5.41) is 2.81. The number of nitrogens with one attached hydrogen (secondary N) is 1. The number of carbonyl (C=O) groups excluding carboxylic acids is 2. The number of ether oxygens (including phenoxy) is 3. The topological polar surface area (TPSA) is 90.0 Å². The zero-order chi connectivity index (χ0) is 20.8. The van der Waals surface area contributed by atoms with Crippen LogP contribution < -0.4 is 19.5 Å². The van der Waals surface area contributed by atoms with Gasteiger partial charge in [-0.15, -0.1) is 0 Å². The maximum atomic E-state index is 12.5. The van der Waals surface area contributed by atoms with Crippen molar-refractivity contribution in [2.45, 2.75) is 12.8 Å². The quantitative estimate of drug-likeness (QED) is 0.732. The molecule has 154 valence electrons. The molecule has 0 spiro atoms. The lowest BCUT2D eigenvalue weighted by Crippen LogP contribution is -2.30. The molecule has 2 aromatic rings. The molecule has 3 rings (SSSR count). The van der Waals surface area contributed by atoms with E-state index in [4.69, 9.17) is 14.2 Å². The van der Waals surface area contributed by atoms with E-state index < -0.39 is 0 Å². The SMILES string of the molecule is COc1ccc(NC(=O)[C@@H]2CC(=O)N(CCc3ccc(OC)c(OC)c3)C2)cn1. The molecule has 1 aromatic carbocycles. The Bertz CT molecular complexity index is 869. The van der Waals surface area contributed by atoms with E-state index >= 15 is 0 Å². The van der Waals surface area contributed by atoms with E-state index in [0.29, 0.717) is 42.6 Å². The highest BCUT2D eigenvalue weighted by molar-refractivity contribution is 5.97. The van der Waals surface area contributed by atoms with Crippen LogP contribution in [0.5, 0.6) is 17.4 Å². The van der Waals surface area contributed by atoms with Crippen molar-refractivity contribution in [3.63, 3.8) is 0 Å². The molecule has 1 aliphatic rings. The standard InChI is InChI=1S/C21H25N3O5/c1-27-17-6-4-14(10-18(17)28-2)8-9-24-13-15(11-20(24)25)21(26)23-16-5-7-19(29-3)22-12-16/h4-7,10,12,15H,8-9,11,13H2,1-3H3,(H,23,26)/t15-/m1/s1. The number of hydrogen-bond acceptors (Lipinski definition) is 6. The van der Waals surface area contributed by atoms with Crippen LogP contribution in [0, 0.1) is 5.92 Å². The Balaban J connectivity index is 1.55. The molecule has 8 nitrogen and oxygen atoms in total. The Labute approximate surface area is 169 Å². The smallest absolute Gasteiger partial charge is 0.229 e. The summed E-state index contributed by atoms with van der Waals surface area (Å²) in [5.41, 5.74) is 1.61. The zero-order valence-corrected chi connectivity index (χ0v) is 16.8. The minimum absolute atomic E-state index is 0.0153. The van der Waals surface area contributed by atoms with E-state index in [1.165, 1.54) is 13.3 Å². The first kappa shape index (κ1) is 20.4. The fourth-order valence-electron chi connectivity index (χ4n) is 3.28. The largest absolute Gasteiger partial charge is 0.493 e. The van der Waals surface area contributed by atoms with Gasteiger partial charge in [0.1, 0.15) is 0 Å². The maximum Gasteiger partial charge on any atom is 0.229 e. The van der Waals surface area contributed by atoms with Gasteiger partial charge in [-0.1, -0.05) is 6.07 Å². The second kappa shape index (κ2) is 9.27. The van der Waals surface area contributed by atoms with Gasteiger partial charge in [-0.2, -0.15) is 0 Å². The summed E-state index contributed by atoms with van der Waals surface area (Å²) >= 11 is 0. The molecule has 1 N–H and O–H groups in total. The normalized spacial score (nSPS) is 15.9. The highest BCUT2D eigenvalue weighted by Crippen LogP contribution is 2.28. The Morgan fingerprint density at radius 1 is 1.14 bits per heavy atom. The van der Waals surface area contributed by atoms with Crippen LogP contribution in [0.1, 0.15) is 12.0 Å². The molecule has 1 saturated heterocycles. The van der Waals surface area contributed by atoms with Gasteiger partial charge >= 0.3 is 0 Å². The fourth-order valence-corrected chi connectivity index (χ4v) is 3.28. The molecule has 0 radical (unpaired) electrons. The highest BCUT2D eigenvalue weighted by Gasteiger charge is 2.34. The van der Waals surface area contributed by atoms with E-state index in [1.807, 2.05) is 18.2 Å². The number of hydrogen-bond donors (Lipinski definition) is 1. The van der Waals surface area contributed by atoms with Crippen LogP contribution in [0.4, 0.5) is 5.69 Å². The number of nitrogens with zero attached hydrogens (tertiary/aromatic N) is 2. The fraction of sp³-hybridized carbons (Fsp3) is 0.381. The van der Waals surface area contributed by atoms with E-state index in [1.54, 1.807) is 31.3 Å². The van der Waals surface area contributed by atoms with Crippen LogP contribution >= 0.6 is 0 Å². The van der Waals surface area contributed by atoms with Crippen LogP contribution in [-0.4, -0.2) is 56.1 Å². The van der Waals surface area contributed by atoms with Crippen LogP contribution in [-0.2, 0) is 16.0 Å². The Kier molecular flexibility index (Phi) is 6.54. The lowest BCUT2D eigenvalue weighted by atomic mass is 10.1. The van der Waals surface area contributed by atoms with E-state index in [-0.39, 0.29) is 24.2 Å². The summed E-state index contributed by atoms with van der Waals surface area (Å²) in [6.07, 6.45) is 2.41. The van der Waals surface area contributed by atoms with Gasteiger partial charge in [0.2, 0.25) is 17.7 Å². The first-order chi connectivity index (χ1) is 14.0. The van der Waals surface area contributed by atoms with Gasteiger partial charge in [0.15, 0.2) is 11.5 Å². The molecule has 2 heterocycles. The minimum Gasteiger partial charge on any atom is -0.493 e. The van der Waals surface area contributed by atoms with E-state index in [9.17, 15) is 9.59 Å². The van der Waals surface area contributed by atoms with Gasteiger partial charge < -0.3 is 24.4 Å². The molecule has 1 fully saturated rings.